The number of rotatable bonds is 7. The molecule has 3 aromatic carbocycles. The van der Waals surface area contributed by atoms with Gasteiger partial charge in [0.05, 0.1) is 27.7 Å². The van der Waals surface area contributed by atoms with E-state index in [0.717, 1.165) is 35.3 Å². The zero-order valence-electron chi connectivity index (χ0n) is 23.2. The van der Waals surface area contributed by atoms with E-state index in [-0.39, 0.29) is 47.3 Å². The van der Waals surface area contributed by atoms with E-state index < -0.39 is 38.6 Å². The van der Waals surface area contributed by atoms with Crippen LogP contribution in [0.4, 0.5) is 23.2 Å². The van der Waals surface area contributed by atoms with Crippen LogP contribution in [0.3, 0.4) is 0 Å². The molecule has 5 rings (SSSR count). The normalized spacial score (nSPS) is 17.5. The number of hydrogen-bond donors (Lipinski definition) is 0. The average molecular weight is 637 g/mol. The molecular formula is C31H29ClF4N2O4S. The van der Waals surface area contributed by atoms with Gasteiger partial charge in [0, 0.05) is 25.1 Å². The molecule has 0 aliphatic carbocycles. The fourth-order valence-electron chi connectivity index (χ4n) is 5.36. The van der Waals surface area contributed by atoms with Crippen LogP contribution in [0.5, 0.6) is 5.75 Å². The molecular weight excluding hydrogens is 608 g/mol. The zero-order valence-corrected chi connectivity index (χ0v) is 24.8. The number of hydrogen-bond acceptors (Lipinski definition) is 4. The molecule has 228 valence electrons. The summed E-state index contributed by atoms with van der Waals surface area (Å²) in [6.07, 6.45) is -1.61. The van der Waals surface area contributed by atoms with Crippen molar-refractivity contribution in [3.8, 4) is 5.75 Å². The van der Waals surface area contributed by atoms with E-state index in [1.54, 1.807) is 36.1 Å². The molecule has 1 fully saturated rings. The van der Waals surface area contributed by atoms with Gasteiger partial charge in [-0.25, -0.2) is 12.8 Å². The van der Waals surface area contributed by atoms with Gasteiger partial charge in [-0.1, -0.05) is 35.9 Å². The Morgan fingerprint density at radius 3 is 2.49 bits per heavy atom. The minimum Gasteiger partial charge on any atom is -0.486 e. The molecule has 1 amide bonds. The molecule has 0 radical (unpaired) electrons. The molecule has 2 aliphatic heterocycles. The van der Waals surface area contributed by atoms with Crippen LogP contribution in [0, 0.1) is 5.82 Å². The largest absolute Gasteiger partial charge is 0.486 e. The van der Waals surface area contributed by atoms with Crippen molar-refractivity contribution in [2.45, 2.75) is 49.8 Å². The number of allylic oxidation sites excluding steroid dienone is 1. The number of ether oxygens (including phenoxy) is 1. The Hall–Kier alpha value is -3.57. The van der Waals surface area contributed by atoms with Crippen LogP contribution in [0.25, 0.3) is 11.6 Å². The fourth-order valence-corrected chi connectivity index (χ4v) is 7.22. The summed E-state index contributed by atoms with van der Waals surface area (Å²) < 4.78 is 89.9. The summed E-state index contributed by atoms with van der Waals surface area (Å²) in [4.78, 5) is 13.9. The quantitative estimate of drug-likeness (QED) is 0.200. The molecule has 2 aliphatic rings. The molecule has 0 saturated carbocycles. The Kier molecular flexibility index (Phi) is 8.76. The average Bonchev–Trinajstić information content (AvgIpc) is 3.50. The van der Waals surface area contributed by atoms with Crippen LogP contribution in [0.1, 0.15) is 49.3 Å². The number of benzene rings is 3. The molecule has 3 aromatic rings. The SMILES string of the molecule is CC(=Cc1ccc2c(c1)N(S(=O)(=O)c1cccc(C(F)(F)F)c1)C[C@H](CCC(=O)N1CCCC1)O2)c1c(F)cccc1Cl. The van der Waals surface area contributed by atoms with Crippen LogP contribution in [0.15, 0.2) is 65.6 Å². The van der Waals surface area contributed by atoms with Gasteiger partial charge in [0.1, 0.15) is 17.7 Å². The first-order valence-electron chi connectivity index (χ1n) is 13.8. The number of nitrogens with zero attached hydrogens (tertiary/aromatic N) is 2. The van der Waals surface area contributed by atoms with Crippen LogP contribution < -0.4 is 9.04 Å². The van der Waals surface area contributed by atoms with E-state index in [4.69, 9.17) is 16.3 Å². The Bertz CT molecular complexity index is 1650. The van der Waals surface area contributed by atoms with Gasteiger partial charge in [-0.05, 0) is 79.8 Å². The first-order chi connectivity index (χ1) is 20.3. The van der Waals surface area contributed by atoms with Gasteiger partial charge in [0.2, 0.25) is 5.91 Å². The molecule has 0 unspecified atom stereocenters. The lowest BCUT2D eigenvalue weighted by molar-refractivity contribution is -0.137. The number of carbonyl (C=O) groups is 1. The Morgan fingerprint density at radius 2 is 1.79 bits per heavy atom. The molecule has 2 heterocycles. The number of fused-ring (bicyclic) bond motifs is 1. The van der Waals surface area contributed by atoms with E-state index >= 15 is 0 Å². The highest BCUT2D eigenvalue weighted by molar-refractivity contribution is 7.92. The summed E-state index contributed by atoms with van der Waals surface area (Å²) >= 11 is 6.22. The molecule has 0 N–H and O–H groups in total. The fraction of sp³-hybridized carbons (Fsp3) is 0.323. The minimum absolute atomic E-state index is 0.0538. The molecule has 0 bridgehead atoms. The summed E-state index contributed by atoms with van der Waals surface area (Å²) in [6, 6.07) is 12.6. The van der Waals surface area contributed by atoms with Crippen molar-refractivity contribution >= 4 is 44.9 Å². The van der Waals surface area contributed by atoms with Gasteiger partial charge >= 0.3 is 6.18 Å². The molecule has 12 heteroatoms. The minimum atomic E-state index is -4.74. The monoisotopic (exact) mass is 636 g/mol. The lowest BCUT2D eigenvalue weighted by atomic mass is 10.0. The van der Waals surface area contributed by atoms with Crippen molar-refractivity contribution in [1.29, 1.82) is 0 Å². The van der Waals surface area contributed by atoms with E-state index in [0.29, 0.717) is 30.3 Å². The zero-order chi connectivity index (χ0) is 30.9. The topological polar surface area (TPSA) is 66.9 Å². The van der Waals surface area contributed by atoms with Crippen molar-refractivity contribution in [3.63, 3.8) is 0 Å². The first kappa shape index (κ1) is 30.9. The van der Waals surface area contributed by atoms with Gasteiger partial charge < -0.3 is 9.64 Å². The van der Waals surface area contributed by atoms with Gasteiger partial charge in [0.15, 0.2) is 0 Å². The first-order valence-corrected chi connectivity index (χ1v) is 15.6. The number of carbonyl (C=O) groups excluding carboxylic acids is 1. The van der Waals surface area contributed by atoms with Gasteiger partial charge in [-0.2, -0.15) is 13.2 Å². The van der Waals surface area contributed by atoms with Crippen LogP contribution in [0.2, 0.25) is 5.02 Å². The Balaban J connectivity index is 1.52. The second-order valence-corrected chi connectivity index (χ2v) is 12.8. The van der Waals surface area contributed by atoms with Crippen LogP contribution in [-0.2, 0) is 21.0 Å². The molecule has 43 heavy (non-hydrogen) atoms. The van der Waals surface area contributed by atoms with Crippen LogP contribution in [-0.4, -0.2) is 45.0 Å². The number of sulfonamides is 1. The predicted molar refractivity (Wildman–Crippen MR) is 157 cm³/mol. The smallest absolute Gasteiger partial charge is 0.416 e. The van der Waals surface area contributed by atoms with Gasteiger partial charge in [-0.3, -0.25) is 9.10 Å². The third-order valence-electron chi connectivity index (χ3n) is 7.54. The third-order valence-corrected chi connectivity index (χ3v) is 9.63. The standard InChI is InChI=1S/C31H29ClF4N2O4S/c1-20(30-25(32)8-5-9-26(30)33)16-21-10-12-28-27(17-21)38(19-23(42-28)11-13-29(39)37-14-2-3-15-37)43(40,41)24-7-4-6-22(18-24)31(34,35)36/h4-10,12,16-18,23H,2-3,11,13-15,19H2,1H3/t23-/m0/s1. The summed E-state index contributed by atoms with van der Waals surface area (Å²) in [6.45, 7) is 2.79. The Morgan fingerprint density at radius 1 is 1.07 bits per heavy atom. The van der Waals surface area contributed by atoms with Crippen molar-refractivity contribution in [2.24, 2.45) is 0 Å². The van der Waals surface area contributed by atoms with Crippen LogP contribution >= 0.6 is 11.6 Å². The van der Waals surface area contributed by atoms with Gasteiger partial charge in [-0.15, -0.1) is 0 Å². The van der Waals surface area contributed by atoms with Crippen molar-refractivity contribution in [1.82, 2.24) is 4.90 Å². The van der Waals surface area contributed by atoms with Crippen molar-refractivity contribution in [3.05, 3.63) is 88.2 Å². The highest BCUT2D eigenvalue weighted by Gasteiger charge is 2.37. The number of likely N-dealkylation sites (tertiary alicyclic amines) is 1. The lowest BCUT2D eigenvalue weighted by Crippen LogP contribution is -2.44. The van der Waals surface area contributed by atoms with E-state index in [2.05, 4.69) is 0 Å². The number of alkyl halides is 3. The summed E-state index contributed by atoms with van der Waals surface area (Å²) in [5.41, 5.74) is 0.176. The highest BCUT2D eigenvalue weighted by Crippen LogP contribution is 2.40. The van der Waals surface area contributed by atoms with E-state index in [1.165, 1.54) is 18.2 Å². The summed E-state index contributed by atoms with van der Waals surface area (Å²) in [7, 11) is -4.50. The van der Waals surface area contributed by atoms with E-state index in [1.807, 2.05) is 0 Å². The van der Waals surface area contributed by atoms with Crippen molar-refractivity contribution < 1.29 is 35.5 Å². The van der Waals surface area contributed by atoms with E-state index in [9.17, 15) is 30.8 Å². The third kappa shape index (κ3) is 6.67. The Labute approximate surface area is 252 Å². The number of amides is 1. The molecule has 1 saturated heterocycles. The lowest BCUT2D eigenvalue weighted by Gasteiger charge is -2.36. The maximum atomic E-state index is 14.5. The number of halogens is 5. The second kappa shape index (κ2) is 12.2. The maximum Gasteiger partial charge on any atom is 0.416 e. The second-order valence-electron chi connectivity index (χ2n) is 10.6. The van der Waals surface area contributed by atoms with Gasteiger partial charge in [0.25, 0.3) is 10.0 Å². The molecule has 1 atom stereocenters. The maximum absolute atomic E-state index is 14.5. The predicted octanol–water partition coefficient (Wildman–Crippen LogP) is 7.42. The van der Waals surface area contributed by atoms with Crippen molar-refractivity contribution in [2.75, 3.05) is 23.9 Å². The molecule has 0 spiro atoms. The summed E-state index contributed by atoms with van der Waals surface area (Å²) in [5.74, 6) is -0.385. The molecule has 6 nitrogen and oxygen atoms in total. The highest BCUT2D eigenvalue weighted by atomic mass is 35.5. The number of anilines is 1. The summed E-state index contributed by atoms with van der Waals surface area (Å²) in [5, 5.41) is 0.204. The molecule has 0 aromatic heterocycles.